The zero-order chi connectivity index (χ0) is 17.8. The molecule has 2 aromatic rings. The molecule has 25 heavy (non-hydrogen) atoms. The fourth-order valence-corrected chi connectivity index (χ4v) is 3.55. The second kappa shape index (κ2) is 7.60. The van der Waals surface area contributed by atoms with Gasteiger partial charge in [-0.15, -0.1) is 0 Å². The normalized spacial score (nSPS) is 16.0. The lowest BCUT2D eigenvalue weighted by Gasteiger charge is -2.27. The first-order chi connectivity index (χ1) is 12.1. The summed E-state index contributed by atoms with van der Waals surface area (Å²) >= 11 is 0. The van der Waals surface area contributed by atoms with Crippen LogP contribution in [0.3, 0.4) is 0 Å². The maximum Gasteiger partial charge on any atom is 0.224 e. The number of hydrogen-bond acceptors (Lipinski definition) is 3. The number of amides is 1. The van der Waals surface area contributed by atoms with Crippen LogP contribution in [0, 0.1) is 6.92 Å². The van der Waals surface area contributed by atoms with Crippen LogP contribution in [0.25, 0.3) is 0 Å². The van der Waals surface area contributed by atoms with Crippen molar-refractivity contribution >= 4 is 5.91 Å². The highest BCUT2D eigenvalue weighted by molar-refractivity contribution is 5.79. The average Bonchev–Trinajstić information content (AvgIpc) is 2.61. The molecule has 0 aromatic heterocycles. The van der Waals surface area contributed by atoms with Crippen molar-refractivity contribution in [2.75, 3.05) is 14.2 Å². The third-order valence-electron chi connectivity index (χ3n) is 4.82. The zero-order valence-corrected chi connectivity index (χ0v) is 15.1. The first kappa shape index (κ1) is 17.3. The Morgan fingerprint density at radius 1 is 1.16 bits per heavy atom. The number of rotatable bonds is 5. The summed E-state index contributed by atoms with van der Waals surface area (Å²) in [6.07, 6.45) is 3.48. The van der Waals surface area contributed by atoms with Gasteiger partial charge in [0, 0.05) is 0 Å². The molecule has 1 N–H and O–H groups in total. The molecule has 0 saturated carbocycles. The minimum atomic E-state index is 0.0539. The predicted octanol–water partition coefficient (Wildman–Crippen LogP) is 3.75. The van der Waals surface area contributed by atoms with E-state index in [1.165, 1.54) is 11.1 Å². The van der Waals surface area contributed by atoms with E-state index in [0.717, 1.165) is 41.9 Å². The Morgan fingerprint density at radius 2 is 2.00 bits per heavy atom. The quantitative estimate of drug-likeness (QED) is 0.902. The minimum Gasteiger partial charge on any atom is -0.497 e. The van der Waals surface area contributed by atoms with Gasteiger partial charge < -0.3 is 14.8 Å². The summed E-state index contributed by atoms with van der Waals surface area (Å²) in [6.45, 7) is 1.99. The maximum absolute atomic E-state index is 12.5. The Labute approximate surface area is 149 Å². The molecule has 1 atom stereocenters. The molecule has 0 heterocycles. The number of methoxy groups -OCH3 is 2. The third-order valence-corrected chi connectivity index (χ3v) is 4.82. The summed E-state index contributed by atoms with van der Waals surface area (Å²) in [5, 5.41) is 3.20. The van der Waals surface area contributed by atoms with E-state index < -0.39 is 0 Å². The second-order valence-electron chi connectivity index (χ2n) is 6.56. The monoisotopic (exact) mass is 339 g/mol. The van der Waals surface area contributed by atoms with Gasteiger partial charge in [0.1, 0.15) is 11.5 Å². The smallest absolute Gasteiger partial charge is 0.224 e. The Hall–Kier alpha value is -2.49. The predicted molar refractivity (Wildman–Crippen MR) is 98.3 cm³/mol. The Bertz CT molecular complexity index is 770. The van der Waals surface area contributed by atoms with Gasteiger partial charge in [0.05, 0.1) is 26.7 Å². The Kier molecular flexibility index (Phi) is 5.27. The molecule has 0 fully saturated rings. The molecule has 0 aliphatic heterocycles. The largest absolute Gasteiger partial charge is 0.497 e. The number of fused-ring (bicyclic) bond motifs is 1. The maximum atomic E-state index is 12.5. The van der Waals surface area contributed by atoms with E-state index in [9.17, 15) is 4.79 Å². The van der Waals surface area contributed by atoms with Gasteiger partial charge in [-0.25, -0.2) is 0 Å². The van der Waals surface area contributed by atoms with Crippen molar-refractivity contribution in [2.24, 2.45) is 0 Å². The van der Waals surface area contributed by atoms with Crippen LogP contribution < -0.4 is 14.8 Å². The van der Waals surface area contributed by atoms with E-state index in [1.54, 1.807) is 14.2 Å². The topological polar surface area (TPSA) is 47.6 Å². The Morgan fingerprint density at radius 3 is 2.72 bits per heavy atom. The van der Waals surface area contributed by atoms with Crippen LogP contribution in [0.15, 0.2) is 36.4 Å². The molecule has 0 bridgehead atoms. The molecule has 0 saturated heterocycles. The lowest BCUT2D eigenvalue weighted by atomic mass is 9.87. The van der Waals surface area contributed by atoms with Gasteiger partial charge in [0.25, 0.3) is 0 Å². The van der Waals surface area contributed by atoms with Crippen LogP contribution in [0.4, 0.5) is 0 Å². The van der Waals surface area contributed by atoms with Crippen molar-refractivity contribution < 1.29 is 14.3 Å². The van der Waals surface area contributed by atoms with Crippen molar-refractivity contribution in [3.8, 4) is 11.5 Å². The number of nitrogens with one attached hydrogen (secondary N) is 1. The van der Waals surface area contributed by atoms with Gasteiger partial charge in [-0.05, 0) is 66.6 Å². The number of ether oxygens (including phenoxy) is 2. The fraction of sp³-hybridized carbons (Fsp3) is 0.381. The van der Waals surface area contributed by atoms with Gasteiger partial charge in [-0.1, -0.05) is 18.2 Å². The highest BCUT2D eigenvalue weighted by Gasteiger charge is 2.22. The number of benzene rings is 2. The molecule has 1 aliphatic rings. The molecular weight excluding hydrogens is 314 g/mol. The summed E-state index contributed by atoms with van der Waals surface area (Å²) in [5.74, 6) is 1.77. The number of carbonyl (C=O) groups is 1. The van der Waals surface area contributed by atoms with Gasteiger partial charge >= 0.3 is 0 Å². The average molecular weight is 339 g/mol. The van der Waals surface area contributed by atoms with Crippen LogP contribution in [0.5, 0.6) is 11.5 Å². The first-order valence-electron chi connectivity index (χ1n) is 8.70. The SMILES string of the molecule is COc1ccc2c(c1)CCC[C@@H]2NC(=O)Cc1ccc(OC)c(C)c1. The molecule has 1 aliphatic carbocycles. The standard InChI is InChI=1S/C21H25NO3/c1-14-11-15(7-10-20(14)25-3)12-21(23)22-19-6-4-5-16-13-17(24-2)8-9-18(16)19/h7-11,13,19H,4-6,12H2,1-3H3,(H,22,23)/t19-/m0/s1. The molecule has 4 heteroatoms. The van der Waals surface area contributed by atoms with Crippen LogP contribution in [0.2, 0.25) is 0 Å². The Balaban J connectivity index is 1.69. The van der Waals surface area contributed by atoms with Gasteiger partial charge in [-0.3, -0.25) is 4.79 Å². The van der Waals surface area contributed by atoms with E-state index in [2.05, 4.69) is 17.4 Å². The second-order valence-corrected chi connectivity index (χ2v) is 6.56. The number of hydrogen-bond donors (Lipinski definition) is 1. The van der Waals surface area contributed by atoms with Gasteiger partial charge in [0.2, 0.25) is 5.91 Å². The molecular formula is C21H25NO3. The highest BCUT2D eigenvalue weighted by Crippen LogP contribution is 2.32. The van der Waals surface area contributed by atoms with Crippen molar-refractivity contribution in [1.29, 1.82) is 0 Å². The van der Waals surface area contributed by atoms with E-state index in [1.807, 2.05) is 31.2 Å². The van der Waals surface area contributed by atoms with E-state index in [-0.39, 0.29) is 11.9 Å². The molecule has 3 rings (SSSR count). The van der Waals surface area contributed by atoms with Crippen molar-refractivity contribution in [3.05, 3.63) is 58.7 Å². The van der Waals surface area contributed by atoms with Crippen LogP contribution in [0.1, 0.15) is 41.1 Å². The fourth-order valence-electron chi connectivity index (χ4n) is 3.55. The van der Waals surface area contributed by atoms with Crippen molar-refractivity contribution in [1.82, 2.24) is 5.32 Å². The summed E-state index contributed by atoms with van der Waals surface area (Å²) in [7, 11) is 3.34. The van der Waals surface area contributed by atoms with E-state index in [4.69, 9.17) is 9.47 Å². The molecule has 1 amide bonds. The summed E-state index contributed by atoms with van der Waals surface area (Å²) in [5.41, 5.74) is 4.53. The molecule has 0 spiro atoms. The van der Waals surface area contributed by atoms with Crippen molar-refractivity contribution in [2.45, 2.75) is 38.6 Å². The summed E-state index contributed by atoms with van der Waals surface area (Å²) in [6, 6.07) is 12.1. The van der Waals surface area contributed by atoms with Crippen LogP contribution in [-0.4, -0.2) is 20.1 Å². The summed E-state index contributed by atoms with van der Waals surface area (Å²) < 4.78 is 10.6. The minimum absolute atomic E-state index is 0.0539. The van der Waals surface area contributed by atoms with Gasteiger partial charge in [-0.2, -0.15) is 0 Å². The zero-order valence-electron chi connectivity index (χ0n) is 15.1. The highest BCUT2D eigenvalue weighted by atomic mass is 16.5. The number of carbonyl (C=O) groups excluding carboxylic acids is 1. The van der Waals surface area contributed by atoms with Gasteiger partial charge in [0.15, 0.2) is 0 Å². The first-order valence-corrected chi connectivity index (χ1v) is 8.70. The molecule has 0 radical (unpaired) electrons. The lowest BCUT2D eigenvalue weighted by Crippen LogP contribution is -2.32. The van der Waals surface area contributed by atoms with E-state index >= 15 is 0 Å². The summed E-state index contributed by atoms with van der Waals surface area (Å²) in [4.78, 5) is 12.5. The van der Waals surface area contributed by atoms with Crippen molar-refractivity contribution in [3.63, 3.8) is 0 Å². The number of aryl methyl sites for hydroxylation is 2. The van der Waals surface area contributed by atoms with E-state index in [0.29, 0.717) is 6.42 Å². The molecule has 0 unspecified atom stereocenters. The molecule has 132 valence electrons. The molecule has 2 aromatic carbocycles. The lowest BCUT2D eigenvalue weighted by molar-refractivity contribution is -0.121. The van der Waals surface area contributed by atoms with Crippen LogP contribution >= 0.6 is 0 Å². The third kappa shape index (κ3) is 3.95. The molecule has 4 nitrogen and oxygen atoms in total. The van der Waals surface area contributed by atoms with Crippen LogP contribution in [-0.2, 0) is 17.6 Å².